The summed E-state index contributed by atoms with van der Waals surface area (Å²) in [5.41, 5.74) is 0.844. The number of carboxylic acids is 1. The molecule has 1 atom stereocenters. The first-order valence-electron chi connectivity index (χ1n) is 6.55. The highest BCUT2D eigenvalue weighted by Crippen LogP contribution is 2.35. The highest BCUT2D eigenvalue weighted by molar-refractivity contribution is 14.1. The number of halogens is 4. The number of hydrogen-bond donors (Lipinski definition) is 3. The Morgan fingerprint density at radius 1 is 1.17 bits per heavy atom. The third-order valence-corrected chi connectivity index (χ3v) is 5.80. The molecule has 0 saturated carbocycles. The van der Waals surface area contributed by atoms with Crippen molar-refractivity contribution in [1.82, 2.24) is 4.84 Å². The van der Waals surface area contributed by atoms with E-state index in [4.69, 9.17) is 21.6 Å². The number of ether oxygens (including phenoxy) is 1. The van der Waals surface area contributed by atoms with Gasteiger partial charge in [0.15, 0.2) is 5.75 Å². The molecular weight excluding hydrogens is 674 g/mol. The van der Waals surface area contributed by atoms with Gasteiger partial charge in [0.25, 0.3) is 0 Å². The Hall–Kier alpha value is -0.0500. The van der Waals surface area contributed by atoms with Crippen molar-refractivity contribution in [3.05, 3.63) is 46.6 Å². The van der Waals surface area contributed by atoms with Gasteiger partial charge in [-0.1, -0.05) is 0 Å². The van der Waals surface area contributed by atoms with Crippen molar-refractivity contribution in [1.29, 1.82) is 0 Å². The number of nitrogens with one attached hydrogen (secondary N) is 1. The van der Waals surface area contributed by atoms with Crippen molar-refractivity contribution >= 4 is 85.5 Å². The molecule has 0 saturated heterocycles. The summed E-state index contributed by atoms with van der Waals surface area (Å²) in [4.78, 5) is 13.3. The lowest BCUT2D eigenvalue weighted by molar-refractivity contribution is -0.138. The molecule has 0 heterocycles. The summed E-state index contributed by atoms with van der Waals surface area (Å²) in [7, 11) is 0. The fourth-order valence-electron chi connectivity index (χ4n) is 1.90. The molecule has 0 amide bonds. The third-order valence-electron chi connectivity index (χ3n) is 3.07. The molecule has 2 aromatic rings. The minimum atomic E-state index is -1.01. The van der Waals surface area contributed by atoms with Crippen LogP contribution >= 0.6 is 79.5 Å². The van der Waals surface area contributed by atoms with Crippen molar-refractivity contribution in [2.24, 2.45) is 0 Å². The molecule has 2 aromatic carbocycles. The zero-order chi connectivity index (χ0) is 17.9. The number of carboxylic acid groups (broad SMARTS) is 1. The van der Waals surface area contributed by atoms with Gasteiger partial charge < -0.3 is 14.9 Å². The molecule has 9 heteroatoms. The van der Waals surface area contributed by atoms with Crippen LogP contribution < -0.4 is 9.57 Å². The zero-order valence-electron chi connectivity index (χ0n) is 11.9. The van der Waals surface area contributed by atoms with Crippen LogP contribution in [0.15, 0.2) is 30.3 Å². The molecule has 0 bridgehead atoms. The number of aromatic hydroxyl groups is 1. The van der Waals surface area contributed by atoms with Crippen LogP contribution in [-0.4, -0.2) is 22.2 Å². The maximum absolute atomic E-state index is 11.1. The lowest BCUT2D eigenvalue weighted by Crippen LogP contribution is -2.32. The Morgan fingerprint density at radius 2 is 1.79 bits per heavy atom. The Labute approximate surface area is 184 Å². The molecule has 5 nitrogen and oxygen atoms in total. The molecule has 0 spiro atoms. The molecule has 0 fully saturated rings. The van der Waals surface area contributed by atoms with Gasteiger partial charge in [0.05, 0.1) is 10.7 Å². The van der Waals surface area contributed by atoms with Crippen LogP contribution in [0.3, 0.4) is 0 Å². The first-order chi connectivity index (χ1) is 11.3. The van der Waals surface area contributed by atoms with Crippen LogP contribution in [0, 0.1) is 10.7 Å². The van der Waals surface area contributed by atoms with Crippen molar-refractivity contribution in [3.63, 3.8) is 0 Å². The van der Waals surface area contributed by atoms with Gasteiger partial charge >= 0.3 is 5.97 Å². The largest absolute Gasteiger partial charge is 0.507 e. The van der Waals surface area contributed by atoms with E-state index >= 15 is 0 Å². The summed E-state index contributed by atoms with van der Waals surface area (Å²) in [6.45, 7) is 0. The Kier molecular flexibility index (Phi) is 7.64. The van der Waals surface area contributed by atoms with Crippen LogP contribution in [-0.2, 0) is 11.2 Å². The molecule has 1 unspecified atom stereocenters. The van der Waals surface area contributed by atoms with Crippen molar-refractivity contribution in [2.45, 2.75) is 12.5 Å². The summed E-state index contributed by atoms with van der Waals surface area (Å²) < 4.78 is 8.33. The number of rotatable bonds is 6. The maximum atomic E-state index is 11.1. The van der Waals surface area contributed by atoms with Gasteiger partial charge in [-0.3, -0.25) is 4.79 Å². The Bertz CT molecular complexity index is 749. The molecule has 0 aliphatic heterocycles. The van der Waals surface area contributed by atoms with Crippen LogP contribution in [0.4, 0.5) is 0 Å². The van der Waals surface area contributed by atoms with E-state index in [0.29, 0.717) is 15.1 Å². The Morgan fingerprint density at radius 3 is 2.29 bits per heavy atom. The fourth-order valence-corrected chi connectivity index (χ4v) is 4.68. The summed E-state index contributed by atoms with van der Waals surface area (Å²) in [5.74, 6) is 0.503. The third kappa shape index (κ3) is 5.22. The SMILES string of the molecule is O=C(O)C(Cc1cc(I)c(Oc2ccc(O)c(I)c2)c(I)c1)NCl. The van der Waals surface area contributed by atoms with Gasteiger partial charge in [-0.15, -0.1) is 0 Å². The van der Waals surface area contributed by atoms with Gasteiger partial charge in [-0.25, -0.2) is 4.84 Å². The van der Waals surface area contributed by atoms with Crippen molar-refractivity contribution in [2.75, 3.05) is 0 Å². The highest BCUT2D eigenvalue weighted by atomic mass is 127. The van der Waals surface area contributed by atoms with E-state index < -0.39 is 12.0 Å². The number of aliphatic carboxylic acids is 1. The molecule has 24 heavy (non-hydrogen) atoms. The molecule has 0 aliphatic rings. The molecule has 128 valence electrons. The zero-order valence-corrected chi connectivity index (χ0v) is 19.1. The standard InChI is InChI=1S/C15H11ClI3NO4/c16-20-12(15(22)23)5-7-3-10(18)14(11(19)4-7)24-8-1-2-13(21)9(17)6-8/h1-4,6,12,20-21H,5H2,(H,22,23). The lowest BCUT2D eigenvalue weighted by atomic mass is 10.1. The van der Waals surface area contributed by atoms with Gasteiger partial charge in [-0.2, -0.15) is 0 Å². The number of phenols is 1. The van der Waals surface area contributed by atoms with E-state index in [9.17, 15) is 9.90 Å². The van der Waals surface area contributed by atoms with Gasteiger partial charge in [0.1, 0.15) is 17.5 Å². The summed E-state index contributed by atoms with van der Waals surface area (Å²) in [6, 6.07) is 7.89. The average Bonchev–Trinajstić information content (AvgIpc) is 2.51. The van der Waals surface area contributed by atoms with Gasteiger partial charge in [0.2, 0.25) is 0 Å². The average molecular weight is 685 g/mol. The molecule has 0 radical (unpaired) electrons. The van der Waals surface area contributed by atoms with E-state index in [-0.39, 0.29) is 12.2 Å². The van der Waals surface area contributed by atoms with Crippen LogP contribution in [0.25, 0.3) is 0 Å². The summed E-state index contributed by atoms with van der Waals surface area (Å²) in [6.07, 6.45) is 0.266. The second kappa shape index (κ2) is 9.05. The van der Waals surface area contributed by atoms with Crippen LogP contribution in [0.2, 0.25) is 0 Å². The van der Waals surface area contributed by atoms with Crippen LogP contribution in [0.5, 0.6) is 17.2 Å². The predicted octanol–water partition coefficient (Wildman–Crippen LogP) is 4.74. The van der Waals surface area contributed by atoms with Gasteiger partial charge in [-0.05, 0) is 122 Å². The monoisotopic (exact) mass is 685 g/mol. The normalized spacial score (nSPS) is 12.0. The van der Waals surface area contributed by atoms with E-state index in [1.54, 1.807) is 18.2 Å². The summed E-state index contributed by atoms with van der Waals surface area (Å²) >= 11 is 11.8. The van der Waals surface area contributed by atoms with E-state index in [1.165, 1.54) is 0 Å². The van der Waals surface area contributed by atoms with E-state index in [2.05, 4.69) is 50.0 Å². The minimum Gasteiger partial charge on any atom is -0.507 e. The molecule has 0 aliphatic carbocycles. The minimum absolute atomic E-state index is 0.205. The van der Waals surface area contributed by atoms with Crippen LogP contribution in [0.1, 0.15) is 5.56 Å². The second-order valence-electron chi connectivity index (χ2n) is 4.81. The van der Waals surface area contributed by atoms with Gasteiger partial charge in [0, 0.05) is 0 Å². The highest BCUT2D eigenvalue weighted by Gasteiger charge is 2.18. The lowest BCUT2D eigenvalue weighted by Gasteiger charge is -2.14. The van der Waals surface area contributed by atoms with Crippen molar-refractivity contribution < 1.29 is 19.7 Å². The topological polar surface area (TPSA) is 78.8 Å². The molecule has 3 N–H and O–H groups in total. The quantitative estimate of drug-likeness (QED) is 0.303. The van der Waals surface area contributed by atoms with E-state index in [1.807, 2.05) is 34.7 Å². The second-order valence-corrected chi connectivity index (χ2v) is 8.51. The predicted molar refractivity (Wildman–Crippen MR) is 117 cm³/mol. The smallest absolute Gasteiger partial charge is 0.322 e. The Balaban J connectivity index is 2.26. The number of carbonyl (C=O) groups is 1. The molecular formula is C15H11ClI3NO4. The number of benzene rings is 2. The maximum Gasteiger partial charge on any atom is 0.322 e. The van der Waals surface area contributed by atoms with E-state index in [0.717, 1.165) is 12.7 Å². The van der Waals surface area contributed by atoms with Crippen molar-refractivity contribution in [3.8, 4) is 17.2 Å². The number of hydrogen-bond acceptors (Lipinski definition) is 4. The molecule has 2 rings (SSSR count). The summed E-state index contributed by atoms with van der Waals surface area (Å²) in [5, 5.41) is 18.7. The first kappa shape index (κ1) is 20.3. The fraction of sp³-hybridized carbons (Fsp3) is 0.133. The molecule has 0 aromatic heterocycles. The first-order valence-corrected chi connectivity index (χ1v) is 10.2. The number of phenolic OH excluding ortho intramolecular Hbond substituents is 1.